The van der Waals surface area contributed by atoms with Crippen LogP contribution in [-0.2, 0) is 4.79 Å². The molecule has 0 bridgehead atoms. The Morgan fingerprint density at radius 1 is 1.44 bits per heavy atom. The molecule has 1 aromatic rings. The SMILES string of the molecule is CC[C@H](NC(=S)Nc1ccccc1)C(=O)[O-]. The summed E-state index contributed by atoms with van der Waals surface area (Å²) in [4.78, 5) is 10.7. The van der Waals surface area contributed by atoms with Crippen molar-refractivity contribution in [1.29, 1.82) is 0 Å². The predicted octanol–water partition coefficient (Wildman–Crippen LogP) is 0.501. The highest BCUT2D eigenvalue weighted by atomic mass is 32.1. The van der Waals surface area contributed by atoms with Crippen LogP contribution in [0, 0.1) is 0 Å². The minimum Gasteiger partial charge on any atom is -0.548 e. The summed E-state index contributed by atoms with van der Waals surface area (Å²) in [5, 5.41) is 16.5. The van der Waals surface area contributed by atoms with E-state index >= 15 is 0 Å². The van der Waals surface area contributed by atoms with E-state index in [1.165, 1.54) is 0 Å². The highest BCUT2D eigenvalue weighted by Crippen LogP contribution is 2.04. The fraction of sp³-hybridized carbons (Fsp3) is 0.273. The van der Waals surface area contributed by atoms with Crippen LogP contribution >= 0.6 is 12.2 Å². The molecule has 1 aromatic carbocycles. The molecule has 86 valence electrons. The number of carboxylic acid groups (broad SMARTS) is 1. The Kier molecular flexibility index (Phi) is 4.72. The van der Waals surface area contributed by atoms with Gasteiger partial charge in [0, 0.05) is 5.69 Å². The van der Waals surface area contributed by atoms with Crippen LogP contribution in [0.5, 0.6) is 0 Å². The average Bonchev–Trinajstić information content (AvgIpc) is 2.27. The van der Waals surface area contributed by atoms with Gasteiger partial charge in [-0.3, -0.25) is 0 Å². The van der Waals surface area contributed by atoms with Crippen molar-refractivity contribution in [3.8, 4) is 0 Å². The lowest BCUT2D eigenvalue weighted by molar-refractivity contribution is -0.308. The first-order valence-corrected chi connectivity index (χ1v) is 5.37. The van der Waals surface area contributed by atoms with Gasteiger partial charge in [-0.05, 0) is 30.8 Å². The number of carboxylic acids is 1. The predicted molar refractivity (Wildman–Crippen MR) is 64.9 cm³/mol. The van der Waals surface area contributed by atoms with Gasteiger partial charge in [0.2, 0.25) is 0 Å². The molecule has 0 unspecified atom stereocenters. The number of carbonyl (C=O) groups excluding carboxylic acids is 1. The maximum Gasteiger partial charge on any atom is 0.171 e. The van der Waals surface area contributed by atoms with E-state index in [1.54, 1.807) is 6.92 Å². The van der Waals surface area contributed by atoms with Crippen molar-refractivity contribution in [1.82, 2.24) is 5.32 Å². The van der Waals surface area contributed by atoms with Crippen LogP contribution in [0.25, 0.3) is 0 Å². The second-order valence-electron chi connectivity index (χ2n) is 3.24. The number of nitrogens with one attached hydrogen (secondary N) is 2. The number of para-hydroxylation sites is 1. The van der Waals surface area contributed by atoms with Crippen molar-refractivity contribution in [2.75, 3.05) is 5.32 Å². The molecule has 16 heavy (non-hydrogen) atoms. The molecule has 0 amide bonds. The highest BCUT2D eigenvalue weighted by Gasteiger charge is 2.08. The number of benzene rings is 1. The third kappa shape index (κ3) is 3.86. The van der Waals surface area contributed by atoms with Crippen LogP contribution < -0.4 is 15.7 Å². The van der Waals surface area contributed by atoms with Crippen molar-refractivity contribution in [3.05, 3.63) is 30.3 Å². The van der Waals surface area contributed by atoms with E-state index in [4.69, 9.17) is 12.2 Å². The molecular weight excluding hydrogens is 224 g/mol. The molecule has 0 aliphatic rings. The number of aliphatic carboxylic acids is 1. The zero-order valence-electron chi connectivity index (χ0n) is 8.90. The number of carbonyl (C=O) groups is 1. The molecule has 0 aliphatic heterocycles. The van der Waals surface area contributed by atoms with Gasteiger partial charge in [0.25, 0.3) is 0 Å². The van der Waals surface area contributed by atoms with E-state index in [1.807, 2.05) is 30.3 Å². The first-order valence-electron chi connectivity index (χ1n) is 4.97. The van der Waals surface area contributed by atoms with Crippen molar-refractivity contribution in [3.63, 3.8) is 0 Å². The van der Waals surface area contributed by atoms with E-state index in [0.717, 1.165) is 5.69 Å². The lowest BCUT2D eigenvalue weighted by atomic mass is 10.2. The molecular formula is C11H13N2O2S-. The fourth-order valence-electron chi connectivity index (χ4n) is 1.17. The zero-order valence-corrected chi connectivity index (χ0v) is 9.71. The van der Waals surface area contributed by atoms with Crippen LogP contribution in [0.2, 0.25) is 0 Å². The summed E-state index contributed by atoms with van der Waals surface area (Å²) in [6, 6.07) is 8.53. The average molecular weight is 237 g/mol. The van der Waals surface area contributed by atoms with Crippen LogP contribution in [0.4, 0.5) is 5.69 Å². The van der Waals surface area contributed by atoms with Crippen molar-refractivity contribution in [2.24, 2.45) is 0 Å². The molecule has 0 aliphatic carbocycles. The molecule has 0 fully saturated rings. The molecule has 1 atom stereocenters. The Hall–Kier alpha value is -1.62. The quantitative estimate of drug-likeness (QED) is 0.747. The monoisotopic (exact) mass is 237 g/mol. The van der Waals surface area contributed by atoms with E-state index in [0.29, 0.717) is 6.42 Å². The van der Waals surface area contributed by atoms with Crippen molar-refractivity contribution in [2.45, 2.75) is 19.4 Å². The number of hydrogen-bond acceptors (Lipinski definition) is 3. The Morgan fingerprint density at radius 3 is 2.56 bits per heavy atom. The standard InChI is InChI=1S/C11H14N2O2S/c1-2-9(10(14)15)13-11(16)12-8-6-4-3-5-7-8/h3-7,9H,2H2,1H3,(H,14,15)(H2,12,13,16)/p-1/t9-/m0/s1. The molecule has 0 saturated carbocycles. The molecule has 5 heteroatoms. The Bertz CT molecular complexity index is 368. The number of rotatable bonds is 4. The molecule has 0 spiro atoms. The van der Waals surface area contributed by atoms with Crippen LogP contribution in [0.1, 0.15) is 13.3 Å². The van der Waals surface area contributed by atoms with Gasteiger partial charge in [-0.1, -0.05) is 25.1 Å². The highest BCUT2D eigenvalue weighted by molar-refractivity contribution is 7.80. The fourth-order valence-corrected chi connectivity index (χ4v) is 1.43. The van der Waals surface area contributed by atoms with Crippen LogP contribution in [0.3, 0.4) is 0 Å². The van der Waals surface area contributed by atoms with Gasteiger partial charge in [-0.2, -0.15) is 0 Å². The minimum atomic E-state index is -1.15. The Labute approximate surface area is 99.7 Å². The Morgan fingerprint density at radius 2 is 2.06 bits per heavy atom. The van der Waals surface area contributed by atoms with Gasteiger partial charge in [-0.15, -0.1) is 0 Å². The molecule has 0 aromatic heterocycles. The molecule has 0 saturated heterocycles. The van der Waals surface area contributed by atoms with Gasteiger partial charge < -0.3 is 20.5 Å². The number of anilines is 1. The van der Waals surface area contributed by atoms with Crippen molar-refractivity contribution >= 4 is 29.0 Å². The summed E-state index contributed by atoms with van der Waals surface area (Å²) < 4.78 is 0. The van der Waals surface area contributed by atoms with Crippen LogP contribution in [-0.4, -0.2) is 17.1 Å². The second-order valence-corrected chi connectivity index (χ2v) is 3.65. The largest absolute Gasteiger partial charge is 0.548 e. The zero-order chi connectivity index (χ0) is 12.0. The third-order valence-electron chi connectivity index (χ3n) is 2.03. The summed E-state index contributed by atoms with van der Waals surface area (Å²) >= 11 is 4.98. The van der Waals surface area contributed by atoms with Gasteiger partial charge in [-0.25, -0.2) is 0 Å². The minimum absolute atomic E-state index is 0.280. The molecule has 1 rings (SSSR count). The van der Waals surface area contributed by atoms with Gasteiger partial charge in [0.1, 0.15) is 0 Å². The molecule has 0 radical (unpaired) electrons. The first-order chi connectivity index (χ1) is 7.63. The van der Waals surface area contributed by atoms with Crippen LogP contribution in [0.15, 0.2) is 30.3 Å². The Balaban J connectivity index is 2.50. The van der Waals surface area contributed by atoms with E-state index in [-0.39, 0.29) is 5.11 Å². The van der Waals surface area contributed by atoms with E-state index in [2.05, 4.69) is 10.6 Å². The lowest BCUT2D eigenvalue weighted by Crippen LogP contribution is -2.48. The lowest BCUT2D eigenvalue weighted by Gasteiger charge is -2.20. The summed E-state index contributed by atoms with van der Waals surface area (Å²) in [5.41, 5.74) is 0.813. The van der Waals surface area contributed by atoms with Gasteiger partial charge in [0.15, 0.2) is 5.11 Å². The topological polar surface area (TPSA) is 64.2 Å². The number of hydrogen-bond donors (Lipinski definition) is 2. The summed E-state index contributed by atoms with van der Waals surface area (Å²) in [6.45, 7) is 1.75. The normalized spacial score (nSPS) is 11.6. The van der Waals surface area contributed by atoms with Gasteiger partial charge >= 0.3 is 0 Å². The molecule has 4 nitrogen and oxygen atoms in total. The summed E-state index contributed by atoms with van der Waals surface area (Å²) in [5.74, 6) is -1.15. The summed E-state index contributed by atoms with van der Waals surface area (Å²) in [6.07, 6.45) is 0.416. The molecule has 0 heterocycles. The van der Waals surface area contributed by atoms with E-state index in [9.17, 15) is 9.90 Å². The van der Waals surface area contributed by atoms with Gasteiger partial charge in [0.05, 0.1) is 12.0 Å². The second kappa shape index (κ2) is 6.07. The maximum atomic E-state index is 10.7. The first kappa shape index (κ1) is 12.4. The smallest absolute Gasteiger partial charge is 0.171 e. The summed E-state index contributed by atoms with van der Waals surface area (Å²) in [7, 11) is 0. The molecule has 2 N–H and O–H groups in total. The van der Waals surface area contributed by atoms with E-state index < -0.39 is 12.0 Å². The van der Waals surface area contributed by atoms with Crippen molar-refractivity contribution < 1.29 is 9.90 Å². The maximum absolute atomic E-state index is 10.7. The number of thiocarbonyl (C=S) groups is 1. The third-order valence-corrected chi connectivity index (χ3v) is 2.25.